The molecule has 2 fully saturated rings. The number of hydrogen-bond acceptors (Lipinski definition) is 3. The fraction of sp³-hybridized carbons (Fsp3) is 1.00. The summed E-state index contributed by atoms with van der Waals surface area (Å²) in [5, 5.41) is 3.46. The molecule has 0 radical (unpaired) electrons. The molecule has 1 N–H and O–H groups in total. The van der Waals surface area contributed by atoms with Crippen LogP contribution in [0.5, 0.6) is 0 Å². The van der Waals surface area contributed by atoms with E-state index in [1.807, 2.05) is 0 Å². The topological polar surface area (TPSA) is 24.5 Å². The molecule has 94 valence electrons. The Morgan fingerprint density at radius 2 is 1.81 bits per heavy atom. The molecule has 2 aliphatic heterocycles. The van der Waals surface area contributed by atoms with Crippen LogP contribution in [0.2, 0.25) is 0 Å². The minimum Gasteiger partial charge on any atom is -0.381 e. The largest absolute Gasteiger partial charge is 0.381 e. The standard InChI is InChI=1S/C13H26N2O/c1-10-11(2)15(7-4-13(10)14-3)12-5-8-16-9-6-12/h10-14H,4-9H2,1-3H3. The van der Waals surface area contributed by atoms with E-state index in [-0.39, 0.29) is 0 Å². The first-order valence-electron chi connectivity index (χ1n) is 6.74. The molecule has 2 aliphatic rings. The molecule has 0 saturated carbocycles. The van der Waals surface area contributed by atoms with Crippen molar-refractivity contribution in [3.63, 3.8) is 0 Å². The van der Waals surface area contributed by atoms with Gasteiger partial charge in [0.25, 0.3) is 0 Å². The lowest BCUT2D eigenvalue weighted by atomic mass is 9.85. The third-order valence-electron chi connectivity index (χ3n) is 4.65. The van der Waals surface area contributed by atoms with Crippen LogP contribution in [-0.2, 0) is 4.74 Å². The maximum Gasteiger partial charge on any atom is 0.0480 e. The average Bonchev–Trinajstić information content (AvgIpc) is 2.34. The lowest BCUT2D eigenvalue weighted by Crippen LogP contribution is -2.56. The first kappa shape index (κ1) is 12.3. The Labute approximate surface area is 99.5 Å². The average molecular weight is 226 g/mol. The van der Waals surface area contributed by atoms with Crippen LogP contribution in [0.4, 0.5) is 0 Å². The molecule has 0 aliphatic carbocycles. The molecule has 2 heterocycles. The third kappa shape index (κ3) is 2.41. The van der Waals surface area contributed by atoms with E-state index in [9.17, 15) is 0 Å². The smallest absolute Gasteiger partial charge is 0.0480 e. The summed E-state index contributed by atoms with van der Waals surface area (Å²) in [6.45, 7) is 7.94. The van der Waals surface area contributed by atoms with Gasteiger partial charge in [0, 0.05) is 37.9 Å². The molecule has 3 heteroatoms. The van der Waals surface area contributed by atoms with Crippen molar-refractivity contribution in [1.29, 1.82) is 0 Å². The number of piperidine rings is 1. The van der Waals surface area contributed by atoms with E-state index >= 15 is 0 Å². The first-order valence-corrected chi connectivity index (χ1v) is 6.74. The Morgan fingerprint density at radius 1 is 1.12 bits per heavy atom. The van der Waals surface area contributed by atoms with Crippen molar-refractivity contribution in [3.05, 3.63) is 0 Å². The summed E-state index contributed by atoms with van der Waals surface area (Å²) in [5.41, 5.74) is 0. The van der Waals surface area contributed by atoms with E-state index in [1.165, 1.54) is 25.8 Å². The second-order valence-electron chi connectivity index (χ2n) is 5.36. The Morgan fingerprint density at radius 3 is 2.44 bits per heavy atom. The molecule has 3 unspecified atom stereocenters. The van der Waals surface area contributed by atoms with Gasteiger partial charge in [-0.3, -0.25) is 4.90 Å². The van der Waals surface area contributed by atoms with Gasteiger partial charge in [0.15, 0.2) is 0 Å². The second kappa shape index (κ2) is 5.48. The Kier molecular flexibility index (Phi) is 4.22. The van der Waals surface area contributed by atoms with Gasteiger partial charge in [-0.1, -0.05) is 6.92 Å². The van der Waals surface area contributed by atoms with Crippen molar-refractivity contribution in [2.24, 2.45) is 5.92 Å². The monoisotopic (exact) mass is 226 g/mol. The molecular formula is C13H26N2O. The molecule has 0 amide bonds. The Bertz CT molecular complexity index is 216. The quantitative estimate of drug-likeness (QED) is 0.772. The summed E-state index contributed by atoms with van der Waals surface area (Å²) in [7, 11) is 2.10. The summed E-state index contributed by atoms with van der Waals surface area (Å²) in [5.74, 6) is 0.751. The van der Waals surface area contributed by atoms with Gasteiger partial charge in [0.05, 0.1) is 0 Å². The zero-order valence-corrected chi connectivity index (χ0v) is 10.9. The van der Waals surface area contributed by atoms with Gasteiger partial charge in [-0.05, 0) is 39.2 Å². The lowest BCUT2D eigenvalue weighted by Gasteiger charge is -2.47. The lowest BCUT2D eigenvalue weighted by molar-refractivity contribution is -0.0124. The summed E-state index contributed by atoms with van der Waals surface area (Å²) in [6, 6.07) is 2.17. The number of nitrogens with zero attached hydrogens (tertiary/aromatic N) is 1. The molecule has 0 aromatic carbocycles. The molecule has 2 rings (SSSR count). The van der Waals surface area contributed by atoms with Crippen LogP contribution in [-0.4, -0.2) is 49.8 Å². The predicted octanol–water partition coefficient (Wildman–Crippen LogP) is 1.48. The molecular weight excluding hydrogens is 200 g/mol. The molecule has 0 bridgehead atoms. The first-order chi connectivity index (χ1) is 7.74. The summed E-state index contributed by atoms with van der Waals surface area (Å²) >= 11 is 0. The summed E-state index contributed by atoms with van der Waals surface area (Å²) in [4.78, 5) is 2.72. The fourth-order valence-electron chi connectivity index (χ4n) is 3.33. The van der Waals surface area contributed by atoms with E-state index < -0.39 is 0 Å². The van der Waals surface area contributed by atoms with E-state index in [4.69, 9.17) is 4.74 Å². The summed E-state index contributed by atoms with van der Waals surface area (Å²) < 4.78 is 5.46. The Hall–Kier alpha value is -0.120. The van der Waals surface area contributed by atoms with Crippen LogP contribution in [0.25, 0.3) is 0 Å². The molecule has 0 spiro atoms. The van der Waals surface area contributed by atoms with Gasteiger partial charge in [0.2, 0.25) is 0 Å². The van der Waals surface area contributed by atoms with Gasteiger partial charge >= 0.3 is 0 Å². The van der Waals surface area contributed by atoms with Gasteiger partial charge in [0.1, 0.15) is 0 Å². The van der Waals surface area contributed by atoms with Gasteiger partial charge in [-0.2, -0.15) is 0 Å². The maximum atomic E-state index is 5.46. The van der Waals surface area contributed by atoms with Crippen LogP contribution in [0.1, 0.15) is 33.1 Å². The highest BCUT2D eigenvalue weighted by Crippen LogP contribution is 2.28. The number of likely N-dealkylation sites (tertiary alicyclic amines) is 1. The van der Waals surface area contributed by atoms with E-state index in [0.717, 1.165) is 25.2 Å². The normalized spacial score (nSPS) is 38.8. The van der Waals surface area contributed by atoms with Gasteiger partial charge in [-0.25, -0.2) is 0 Å². The molecule has 3 atom stereocenters. The highest BCUT2D eigenvalue weighted by atomic mass is 16.5. The van der Waals surface area contributed by atoms with Crippen LogP contribution in [0.15, 0.2) is 0 Å². The third-order valence-corrected chi connectivity index (χ3v) is 4.65. The van der Waals surface area contributed by atoms with Crippen molar-refractivity contribution in [1.82, 2.24) is 10.2 Å². The van der Waals surface area contributed by atoms with Crippen molar-refractivity contribution < 1.29 is 4.74 Å². The number of ether oxygens (including phenoxy) is 1. The van der Waals surface area contributed by atoms with Crippen LogP contribution in [0, 0.1) is 5.92 Å². The van der Waals surface area contributed by atoms with Crippen molar-refractivity contribution >= 4 is 0 Å². The molecule has 0 aromatic rings. The van der Waals surface area contributed by atoms with Crippen molar-refractivity contribution in [2.75, 3.05) is 26.8 Å². The van der Waals surface area contributed by atoms with Crippen LogP contribution >= 0.6 is 0 Å². The van der Waals surface area contributed by atoms with Gasteiger partial charge in [-0.15, -0.1) is 0 Å². The van der Waals surface area contributed by atoms with Crippen molar-refractivity contribution in [2.45, 2.75) is 51.2 Å². The molecule has 2 saturated heterocycles. The zero-order valence-electron chi connectivity index (χ0n) is 10.9. The highest BCUT2D eigenvalue weighted by Gasteiger charge is 2.35. The van der Waals surface area contributed by atoms with E-state index in [0.29, 0.717) is 12.1 Å². The molecule has 3 nitrogen and oxygen atoms in total. The van der Waals surface area contributed by atoms with Crippen LogP contribution in [0.3, 0.4) is 0 Å². The van der Waals surface area contributed by atoms with Crippen LogP contribution < -0.4 is 5.32 Å². The second-order valence-corrected chi connectivity index (χ2v) is 5.36. The van der Waals surface area contributed by atoms with Crippen molar-refractivity contribution in [3.8, 4) is 0 Å². The fourth-order valence-corrected chi connectivity index (χ4v) is 3.33. The summed E-state index contributed by atoms with van der Waals surface area (Å²) in [6.07, 6.45) is 3.74. The molecule has 0 aromatic heterocycles. The van der Waals surface area contributed by atoms with E-state index in [2.05, 4.69) is 31.1 Å². The highest BCUT2D eigenvalue weighted by molar-refractivity contribution is 4.91. The number of nitrogens with one attached hydrogen (secondary N) is 1. The number of hydrogen-bond donors (Lipinski definition) is 1. The van der Waals surface area contributed by atoms with E-state index in [1.54, 1.807) is 0 Å². The van der Waals surface area contributed by atoms with Gasteiger partial charge < -0.3 is 10.1 Å². The zero-order chi connectivity index (χ0) is 11.5. The minimum absolute atomic E-state index is 0.700. The minimum atomic E-state index is 0.700. The number of rotatable bonds is 2. The SMILES string of the molecule is CNC1CCN(C2CCOCC2)C(C)C1C. The Balaban J connectivity index is 1.95. The maximum absolute atomic E-state index is 5.46. The predicted molar refractivity (Wildman–Crippen MR) is 66.6 cm³/mol. The molecule has 16 heavy (non-hydrogen) atoms.